The molecule has 0 aliphatic heterocycles. The lowest BCUT2D eigenvalue weighted by molar-refractivity contribution is -0.135. The molecular formula is C20H24N2O3. The molecule has 0 atom stereocenters. The highest BCUT2D eigenvalue weighted by Crippen LogP contribution is 2.26. The second kappa shape index (κ2) is 7.55. The van der Waals surface area contributed by atoms with Crippen LogP contribution >= 0.6 is 0 Å². The zero-order valence-electron chi connectivity index (χ0n) is 14.5. The van der Waals surface area contributed by atoms with Crippen molar-refractivity contribution in [3.05, 3.63) is 42.0 Å². The van der Waals surface area contributed by atoms with E-state index < -0.39 is 5.97 Å². The highest BCUT2D eigenvalue weighted by Gasteiger charge is 2.23. The van der Waals surface area contributed by atoms with Crippen molar-refractivity contribution in [1.29, 1.82) is 0 Å². The standard InChI is InChI=1S/C20H24N2O3/c1-22(15-9-3-2-4-10-15)18(23)13-25-20(24)16-11-5-7-14-8-6-12-17(21)19(14)16/h5-8,11-12,15H,2-4,9-10,13,21H2,1H3. The summed E-state index contributed by atoms with van der Waals surface area (Å²) in [7, 11) is 1.79. The van der Waals surface area contributed by atoms with E-state index in [4.69, 9.17) is 10.5 Å². The quantitative estimate of drug-likeness (QED) is 0.684. The number of ether oxygens (including phenoxy) is 1. The molecule has 2 N–H and O–H groups in total. The van der Waals surface area contributed by atoms with Gasteiger partial charge in [-0.1, -0.05) is 43.5 Å². The van der Waals surface area contributed by atoms with Gasteiger partial charge in [-0.05, 0) is 30.4 Å². The number of esters is 1. The Balaban J connectivity index is 1.68. The van der Waals surface area contributed by atoms with Gasteiger partial charge in [-0.15, -0.1) is 0 Å². The fourth-order valence-electron chi connectivity index (χ4n) is 3.52. The Hall–Kier alpha value is -2.56. The van der Waals surface area contributed by atoms with E-state index in [0.717, 1.165) is 31.1 Å². The number of carbonyl (C=O) groups excluding carboxylic acids is 2. The van der Waals surface area contributed by atoms with Gasteiger partial charge in [0.05, 0.1) is 5.56 Å². The van der Waals surface area contributed by atoms with Crippen LogP contribution in [0.5, 0.6) is 0 Å². The number of benzene rings is 2. The molecule has 132 valence electrons. The minimum atomic E-state index is -0.520. The van der Waals surface area contributed by atoms with Gasteiger partial charge in [-0.25, -0.2) is 4.79 Å². The molecule has 0 spiro atoms. The van der Waals surface area contributed by atoms with Gasteiger partial charge < -0.3 is 15.4 Å². The number of hydrogen-bond acceptors (Lipinski definition) is 4. The Morgan fingerprint density at radius 3 is 2.52 bits per heavy atom. The Morgan fingerprint density at radius 1 is 1.12 bits per heavy atom. The molecule has 5 nitrogen and oxygen atoms in total. The van der Waals surface area contributed by atoms with Crippen LogP contribution in [0.4, 0.5) is 5.69 Å². The Bertz CT molecular complexity index is 776. The number of likely N-dealkylation sites (N-methyl/N-ethyl adjacent to an activating group) is 1. The van der Waals surface area contributed by atoms with Crippen LogP contribution < -0.4 is 5.73 Å². The summed E-state index contributed by atoms with van der Waals surface area (Å²) in [4.78, 5) is 26.5. The highest BCUT2D eigenvalue weighted by molar-refractivity contribution is 6.09. The monoisotopic (exact) mass is 340 g/mol. The van der Waals surface area contributed by atoms with Crippen molar-refractivity contribution in [2.75, 3.05) is 19.4 Å². The number of nitrogens with two attached hydrogens (primary N) is 1. The van der Waals surface area contributed by atoms with Crippen molar-refractivity contribution >= 4 is 28.3 Å². The van der Waals surface area contributed by atoms with E-state index in [1.807, 2.05) is 18.2 Å². The SMILES string of the molecule is CN(C(=O)COC(=O)c1cccc2cccc(N)c12)C1CCCCC1. The summed E-state index contributed by atoms with van der Waals surface area (Å²) in [6.07, 6.45) is 5.58. The summed E-state index contributed by atoms with van der Waals surface area (Å²) in [5.74, 6) is -0.678. The maximum atomic E-state index is 12.5. The summed E-state index contributed by atoms with van der Waals surface area (Å²) in [6.45, 7) is -0.241. The summed E-state index contributed by atoms with van der Waals surface area (Å²) in [5, 5.41) is 1.54. The lowest BCUT2D eigenvalue weighted by atomic mass is 9.94. The molecule has 0 radical (unpaired) electrons. The van der Waals surface area contributed by atoms with Gasteiger partial charge in [0.15, 0.2) is 6.61 Å². The van der Waals surface area contributed by atoms with Gasteiger partial charge in [-0.3, -0.25) is 4.79 Å². The van der Waals surface area contributed by atoms with Crippen LogP contribution in [0.25, 0.3) is 10.8 Å². The lowest BCUT2D eigenvalue weighted by Gasteiger charge is -2.31. The van der Waals surface area contributed by atoms with Crippen molar-refractivity contribution in [3.8, 4) is 0 Å². The van der Waals surface area contributed by atoms with E-state index in [0.29, 0.717) is 16.6 Å². The zero-order valence-corrected chi connectivity index (χ0v) is 14.5. The van der Waals surface area contributed by atoms with E-state index in [1.54, 1.807) is 30.1 Å². The first-order chi connectivity index (χ1) is 12.1. The van der Waals surface area contributed by atoms with E-state index >= 15 is 0 Å². The van der Waals surface area contributed by atoms with Crippen LogP contribution in [0.15, 0.2) is 36.4 Å². The highest BCUT2D eigenvalue weighted by atomic mass is 16.5. The summed E-state index contributed by atoms with van der Waals surface area (Å²) in [5.41, 5.74) is 6.93. The van der Waals surface area contributed by atoms with Crippen LogP contribution in [-0.2, 0) is 9.53 Å². The molecule has 0 saturated heterocycles. The van der Waals surface area contributed by atoms with Crippen LogP contribution in [0.1, 0.15) is 42.5 Å². The average Bonchev–Trinajstić information content (AvgIpc) is 2.65. The second-order valence-electron chi connectivity index (χ2n) is 6.62. The van der Waals surface area contributed by atoms with Gasteiger partial charge in [0.1, 0.15) is 0 Å². The number of carbonyl (C=O) groups is 2. The summed E-state index contributed by atoms with van der Waals surface area (Å²) < 4.78 is 5.28. The minimum absolute atomic E-state index is 0.159. The normalized spacial score (nSPS) is 15.1. The molecule has 1 aliphatic rings. The summed E-state index contributed by atoms with van der Waals surface area (Å²) in [6, 6.07) is 11.1. The lowest BCUT2D eigenvalue weighted by Crippen LogP contribution is -2.40. The van der Waals surface area contributed by atoms with Gasteiger partial charge in [0.25, 0.3) is 5.91 Å². The van der Waals surface area contributed by atoms with Gasteiger partial charge in [0, 0.05) is 24.2 Å². The predicted molar refractivity (Wildman–Crippen MR) is 98.3 cm³/mol. The number of anilines is 1. The van der Waals surface area contributed by atoms with Crippen molar-refractivity contribution in [3.63, 3.8) is 0 Å². The number of rotatable bonds is 4. The maximum absolute atomic E-state index is 12.5. The third-order valence-corrected chi connectivity index (χ3v) is 5.00. The van der Waals surface area contributed by atoms with Crippen molar-refractivity contribution < 1.29 is 14.3 Å². The molecule has 0 aromatic heterocycles. The summed E-state index contributed by atoms with van der Waals surface area (Å²) >= 11 is 0. The van der Waals surface area contributed by atoms with Crippen molar-refractivity contribution in [2.45, 2.75) is 38.1 Å². The third-order valence-electron chi connectivity index (χ3n) is 5.00. The van der Waals surface area contributed by atoms with Crippen molar-refractivity contribution in [1.82, 2.24) is 4.90 Å². The van der Waals surface area contributed by atoms with Crippen LogP contribution in [0, 0.1) is 0 Å². The largest absolute Gasteiger partial charge is 0.452 e. The predicted octanol–water partition coefficient (Wildman–Crippen LogP) is 3.37. The first kappa shape index (κ1) is 17.3. The number of amides is 1. The number of fused-ring (bicyclic) bond motifs is 1. The number of hydrogen-bond donors (Lipinski definition) is 1. The molecule has 1 amide bonds. The van der Waals surface area contributed by atoms with Crippen LogP contribution in [-0.4, -0.2) is 36.5 Å². The molecule has 0 heterocycles. The minimum Gasteiger partial charge on any atom is -0.452 e. The molecular weight excluding hydrogens is 316 g/mol. The molecule has 5 heteroatoms. The van der Waals surface area contributed by atoms with Crippen molar-refractivity contribution in [2.24, 2.45) is 0 Å². The number of nitrogen functional groups attached to an aromatic ring is 1. The van der Waals surface area contributed by atoms with E-state index in [9.17, 15) is 9.59 Å². The topological polar surface area (TPSA) is 72.6 Å². The first-order valence-corrected chi connectivity index (χ1v) is 8.78. The third kappa shape index (κ3) is 3.76. The Kier molecular flexibility index (Phi) is 5.22. The van der Waals surface area contributed by atoms with E-state index in [-0.39, 0.29) is 18.6 Å². The fourth-order valence-corrected chi connectivity index (χ4v) is 3.52. The van der Waals surface area contributed by atoms with Gasteiger partial charge in [-0.2, -0.15) is 0 Å². The fraction of sp³-hybridized carbons (Fsp3) is 0.400. The smallest absolute Gasteiger partial charge is 0.339 e. The molecule has 1 fully saturated rings. The van der Waals surface area contributed by atoms with E-state index in [2.05, 4.69) is 0 Å². The van der Waals surface area contributed by atoms with Gasteiger partial charge >= 0.3 is 5.97 Å². The molecule has 25 heavy (non-hydrogen) atoms. The second-order valence-corrected chi connectivity index (χ2v) is 6.62. The Labute approximate surface area is 147 Å². The molecule has 1 aliphatic carbocycles. The Morgan fingerprint density at radius 2 is 1.80 bits per heavy atom. The van der Waals surface area contributed by atoms with Crippen LogP contribution in [0.3, 0.4) is 0 Å². The zero-order chi connectivity index (χ0) is 17.8. The number of nitrogens with zero attached hydrogens (tertiary/aromatic N) is 1. The molecule has 0 unspecified atom stereocenters. The first-order valence-electron chi connectivity index (χ1n) is 8.78. The van der Waals surface area contributed by atoms with E-state index in [1.165, 1.54) is 6.42 Å². The molecule has 2 aromatic carbocycles. The average molecular weight is 340 g/mol. The molecule has 0 bridgehead atoms. The van der Waals surface area contributed by atoms with Gasteiger partial charge in [0.2, 0.25) is 0 Å². The molecule has 3 rings (SSSR count). The van der Waals surface area contributed by atoms with Crippen LogP contribution in [0.2, 0.25) is 0 Å². The molecule has 2 aromatic rings. The maximum Gasteiger partial charge on any atom is 0.339 e. The molecule has 1 saturated carbocycles.